The van der Waals surface area contributed by atoms with E-state index >= 15 is 0 Å². The number of halogens is 3. The van der Waals surface area contributed by atoms with Gasteiger partial charge in [0, 0.05) is 24.7 Å². The zero-order chi connectivity index (χ0) is 20.0. The van der Waals surface area contributed by atoms with Crippen LogP contribution in [0.15, 0.2) is 12.4 Å². The molecule has 2 heterocycles. The SMILES string of the molecule is CC(C)(C)OC(=O)N[C@]1(C)[C@@H]2CC[C@H]1CN(c1cc(C(F)(F)F)ncn1)C2. The van der Waals surface area contributed by atoms with E-state index in [1.54, 1.807) is 20.8 Å². The van der Waals surface area contributed by atoms with Gasteiger partial charge in [0.25, 0.3) is 0 Å². The smallest absolute Gasteiger partial charge is 0.433 e. The number of nitrogens with one attached hydrogen (secondary N) is 1. The molecule has 0 spiro atoms. The van der Waals surface area contributed by atoms with Crippen LogP contribution in [-0.2, 0) is 10.9 Å². The van der Waals surface area contributed by atoms with Crippen molar-refractivity contribution in [3.63, 3.8) is 0 Å². The maximum atomic E-state index is 12.9. The Morgan fingerprint density at radius 1 is 1.22 bits per heavy atom. The molecule has 2 bridgehead atoms. The van der Waals surface area contributed by atoms with Crippen LogP contribution in [-0.4, -0.2) is 40.3 Å². The molecule has 1 saturated carbocycles. The Morgan fingerprint density at radius 2 is 1.81 bits per heavy atom. The number of carbonyl (C=O) groups excluding carboxylic acids is 1. The summed E-state index contributed by atoms with van der Waals surface area (Å²) in [5, 5.41) is 3.02. The third-order valence-electron chi connectivity index (χ3n) is 5.48. The minimum absolute atomic E-state index is 0.105. The standard InChI is InChI=1S/C18H25F3N4O2/c1-16(2,3)27-15(26)24-17(4)11-5-6-12(17)9-25(8-11)14-7-13(18(19,20)21)22-10-23-14/h7,10-12H,5-6,8-9H2,1-4H3,(H,24,26)/t11-,12+,17-. The van der Waals surface area contributed by atoms with E-state index in [1.165, 1.54) is 0 Å². The molecule has 0 aromatic carbocycles. The number of carbonyl (C=O) groups is 1. The summed E-state index contributed by atoms with van der Waals surface area (Å²) in [4.78, 5) is 21.5. The number of hydrogen-bond acceptors (Lipinski definition) is 5. The topological polar surface area (TPSA) is 67.3 Å². The fourth-order valence-electron chi connectivity index (χ4n) is 4.09. The van der Waals surface area contributed by atoms with Gasteiger partial charge in [0.15, 0.2) is 0 Å². The summed E-state index contributed by atoms with van der Waals surface area (Å²) in [7, 11) is 0. The maximum Gasteiger partial charge on any atom is 0.433 e. The highest BCUT2D eigenvalue weighted by Gasteiger charge is 2.52. The van der Waals surface area contributed by atoms with E-state index in [2.05, 4.69) is 15.3 Å². The van der Waals surface area contributed by atoms with Crippen LogP contribution in [0.3, 0.4) is 0 Å². The quantitative estimate of drug-likeness (QED) is 0.841. The number of piperidine rings is 1. The monoisotopic (exact) mass is 386 g/mol. The van der Waals surface area contributed by atoms with Gasteiger partial charge in [-0.15, -0.1) is 0 Å². The van der Waals surface area contributed by atoms with Gasteiger partial charge >= 0.3 is 12.3 Å². The lowest BCUT2D eigenvalue weighted by atomic mass is 9.78. The molecular formula is C18H25F3N4O2. The fraction of sp³-hybridized carbons (Fsp3) is 0.722. The van der Waals surface area contributed by atoms with Gasteiger partial charge in [0.05, 0.1) is 0 Å². The largest absolute Gasteiger partial charge is 0.444 e. The second kappa shape index (κ2) is 6.53. The summed E-state index contributed by atoms with van der Waals surface area (Å²) in [6.07, 6.45) is -2.22. The van der Waals surface area contributed by atoms with Crippen LogP contribution < -0.4 is 10.2 Å². The summed E-state index contributed by atoms with van der Waals surface area (Å²) < 4.78 is 44.2. The van der Waals surface area contributed by atoms with E-state index in [0.717, 1.165) is 25.2 Å². The van der Waals surface area contributed by atoms with Crippen LogP contribution in [0.1, 0.15) is 46.2 Å². The Bertz CT molecular complexity index is 703. The minimum atomic E-state index is -4.50. The van der Waals surface area contributed by atoms with Crippen LogP contribution in [0.2, 0.25) is 0 Å². The number of rotatable bonds is 2. The number of hydrogen-bond donors (Lipinski definition) is 1. The molecule has 0 unspecified atom stereocenters. The highest BCUT2D eigenvalue weighted by molar-refractivity contribution is 5.69. The maximum absolute atomic E-state index is 12.9. The molecule has 150 valence electrons. The molecular weight excluding hydrogens is 361 g/mol. The average molecular weight is 386 g/mol. The summed E-state index contributed by atoms with van der Waals surface area (Å²) >= 11 is 0. The molecule has 3 atom stereocenters. The molecule has 27 heavy (non-hydrogen) atoms. The number of alkyl carbamates (subject to hydrolysis) is 1. The second-order valence-corrected chi connectivity index (χ2v) is 8.54. The number of anilines is 1. The molecule has 2 aliphatic rings. The van der Waals surface area contributed by atoms with Gasteiger partial charge in [-0.2, -0.15) is 13.2 Å². The van der Waals surface area contributed by atoms with Crippen molar-refractivity contribution in [2.45, 2.75) is 57.9 Å². The van der Waals surface area contributed by atoms with Gasteiger partial charge in [-0.05, 0) is 52.4 Å². The Kier molecular flexibility index (Phi) is 4.76. The first kappa shape index (κ1) is 19.7. The third kappa shape index (κ3) is 4.11. The first-order chi connectivity index (χ1) is 12.4. The van der Waals surface area contributed by atoms with Gasteiger partial charge < -0.3 is 15.0 Å². The Balaban J connectivity index is 1.74. The number of ether oxygens (including phenoxy) is 1. The van der Waals surface area contributed by atoms with Gasteiger partial charge in [0.2, 0.25) is 0 Å². The highest BCUT2D eigenvalue weighted by atomic mass is 19.4. The van der Waals surface area contributed by atoms with Gasteiger partial charge in [-0.1, -0.05) is 0 Å². The highest BCUT2D eigenvalue weighted by Crippen LogP contribution is 2.46. The van der Waals surface area contributed by atoms with Crippen molar-refractivity contribution >= 4 is 11.9 Å². The predicted molar refractivity (Wildman–Crippen MR) is 93.2 cm³/mol. The first-order valence-corrected chi connectivity index (χ1v) is 9.04. The minimum Gasteiger partial charge on any atom is -0.444 e. The van der Waals surface area contributed by atoms with E-state index in [1.807, 2.05) is 11.8 Å². The fourth-order valence-corrected chi connectivity index (χ4v) is 4.09. The molecule has 1 aromatic heterocycles. The van der Waals surface area contributed by atoms with Crippen molar-refractivity contribution in [2.24, 2.45) is 11.8 Å². The molecule has 6 nitrogen and oxygen atoms in total. The Hall–Kier alpha value is -2.06. The summed E-state index contributed by atoms with van der Waals surface area (Å²) in [5.74, 6) is 0.481. The van der Waals surface area contributed by atoms with Crippen molar-refractivity contribution < 1.29 is 22.7 Å². The number of amides is 1. The molecule has 1 aromatic rings. The van der Waals surface area contributed by atoms with Gasteiger partial charge in [0.1, 0.15) is 23.4 Å². The third-order valence-corrected chi connectivity index (χ3v) is 5.48. The molecule has 1 aliphatic heterocycles. The van der Waals surface area contributed by atoms with Crippen LogP contribution in [0, 0.1) is 11.8 Å². The first-order valence-electron chi connectivity index (χ1n) is 9.04. The molecule has 3 rings (SSSR count). The van der Waals surface area contributed by atoms with Crippen LogP contribution >= 0.6 is 0 Å². The molecule has 1 aliphatic carbocycles. The lowest BCUT2D eigenvalue weighted by Gasteiger charge is -2.46. The summed E-state index contributed by atoms with van der Waals surface area (Å²) in [5.41, 5.74) is -1.98. The van der Waals surface area contributed by atoms with E-state index in [-0.39, 0.29) is 17.7 Å². The van der Waals surface area contributed by atoms with E-state index in [4.69, 9.17) is 4.74 Å². The summed E-state index contributed by atoms with van der Waals surface area (Å²) in [6.45, 7) is 8.46. The Morgan fingerprint density at radius 3 is 2.33 bits per heavy atom. The van der Waals surface area contributed by atoms with E-state index < -0.39 is 29.1 Å². The van der Waals surface area contributed by atoms with Gasteiger partial charge in [-0.3, -0.25) is 0 Å². The number of alkyl halides is 3. The molecule has 1 N–H and O–H groups in total. The van der Waals surface area contributed by atoms with Crippen molar-refractivity contribution in [1.82, 2.24) is 15.3 Å². The zero-order valence-corrected chi connectivity index (χ0v) is 15.9. The predicted octanol–water partition coefficient (Wildman–Crippen LogP) is 3.63. The van der Waals surface area contributed by atoms with Crippen molar-refractivity contribution in [1.29, 1.82) is 0 Å². The van der Waals surface area contributed by atoms with Crippen LogP contribution in [0.25, 0.3) is 0 Å². The average Bonchev–Trinajstić information content (AvgIpc) is 2.71. The zero-order valence-electron chi connectivity index (χ0n) is 15.9. The van der Waals surface area contributed by atoms with Crippen molar-refractivity contribution in [2.75, 3.05) is 18.0 Å². The molecule has 0 radical (unpaired) electrons. The van der Waals surface area contributed by atoms with Crippen molar-refractivity contribution in [3.05, 3.63) is 18.1 Å². The lowest BCUT2D eigenvalue weighted by molar-refractivity contribution is -0.141. The number of aromatic nitrogens is 2. The normalized spacial score (nSPS) is 28.2. The van der Waals surface area contributed by atoms with E-state index in [9.17, 15) is 18.0 Å². The number of nitrogens with zero attached hydrogens (tertiary/aromatic N) is 3. The van der Waals surface area contributed by atoms with Crippen molar-refractivity contribution in [3.8, 4) is 0 Å². The molecule has 1 amide bonds. The van der Waals surface area contributed by atoms with Crippen LogP contribution in [0.4, 0.5) is 23.8 Å². The van der Waals surface area contributed by atoms with Gasteiger partial charge in [-0.25, -0.2) is 14.8 Å². The molecule has 1 saturated heterocycles. The summed E-state index contributed by atoms with van der Waals surface area (Å²) in [6, 6.07) is 0.989. The second-order valence-electron chi connectivity index (χ2n) is 8.54. The Labute approximate surface area is 156 Å². The van der Waals surface area contributed by atoms with Crippen LogP contribution in [0.5, 0.6) is 0 Å². The number of fused-ring (bicyclic) bond motifs is 2. The lowest BCUT2D eigenvalue weighted by Crippen LogP contribution is -2.62. The molecule has 9 heteroatoms. The molecule has 2 fully saturated rings. The van der Waals surface area contributed by atoms with E-state index in [0.29, 0.717) is 13.1 Å².